The highest BCUT2D eigenvalue weighted by molar-refractivity contribution is 5.43. The van der Waals surface area contributed by atoms with Crippen molar-refractivity contribution in [2.45, 2.75) is 6.61 Å². The molecule has 0 atom stereocenters. The molecule has 0 fully saturated rings. The number of hydrogen-bond acceptors (Lipinski definition) is 3. The van der Waals surface area contributed by atoms with Gasteiger partial charge >= 0.3 is 0 Å². The summed E-state index contributed by atoms with van der Waals surface area (Å²) in [4.78, 5) is 0. The van der Waals surface area contributed by atoms with Crippen molar-refractivity contribution < 1.29 is 14.9 Å². The molecule has 0 aromatic heterocycles. The van der Waals surface area contributed by atoms with Crippen molar-refractivity contribution in [3.63, 3.8) is 0 Å². The number of aromatic hydroxyl groups is 2. The van der Waals surface area contributed by atoms with Gasteiger partial charge in [0, 0.05) is 12.7 Å². The number of benzene rings is 1. The SMILES string of the molecule is COCc1cccc(O)c1O. The fourth-order valence-electron chi connectivity index (χ4n) is 0.850. The van der Waals surface area contributed by atoms with Gasteiger partial charge in [0.2, 0.25) is 0 Å². The minimum absolute atomic E-state index is 0.102. The maximum Gasteiger partial charge on any atom is 0.163 e. The average Bonchev–Trinajstić information content (AvgIpc) is 1.99. The highest BCUT2D eigenvalue weighted by Gasteiger charge is 2.03. The molecule has 0 radical (unpaired) electrons. The summed E-state index contributed by atoms with van der Waals surface area (Å²) >= 11 is 0. The van der Waals surface area contributed by atoms with Crippen molar-refractivity contribution in [2.75, 3.05) is 7.11 Å². The molecule has 0 saturated carbocycles. The van der Waals surface area contributed by atoms with Crippen LogP contribution in [-0.2, 0) is 11.3 Å². The second-order valence-corrected chi connectivity index (χ2v) is 2.22. The summed E-state index contributed by atoms with van der Waals surface area (Å²) in [6.07, 6.45) is 0. The number of phenols is 2. The van der Waals surface area contributed by atoms with E-state index in [9.17, 15) is 5.11 Å². The minimum atomic E-state index is -0.112. The van der Waals surface area contributed by atoms with E-state index in [1.165, 1.54) is 13.2 Å². The topological polar surface area (TPSA) is 49.7 Å². The lowest BCUT2D eigenvalue weighted by Crippen LogP contribution is -1.87. The second kappa shape index (κ2) is 3.25. The lowest BCUT2D eigenvalue weighted by Gasteiger charge is -2.03. The zero-order valence-electron chi connectivity index (χ0n) is 6.24. The van der Waals surface area contributed by atoms with Crippen LogP contribution < -0.4 is 0 Å². The van der Waals surface area contributed by atoms with E-state index in [-0.39, 0.29) is 11.5 Å². The molecule has 3 heteroatoms. The van der Waals surface area contributed by atoms with Crippen LogP contribution >= 0.6 is 0 Å². The third kappa shape index (κ3) is 1.62. The summed E-state index contributed by atoms with van der Waals surface area (Å²) in [7, 11) is 1.53. The third-order valence-corrected chi connectivity index (χ3v) is 1.40. The standard InChI is InChI=1S/C8H10O3/c1-11-5-6-3-2-4-7(9)8(6)10/h2-4,9-10H,5H2,1H3. The minimum Gasteiger partial charge on any atom is -0.504 e. The second-order valence-electron chi connectivity index (χ2n) is 2.22. The fraction of sp³-hybridized carbons (Fsp3) is 0.250. The van der Waals surface area contributed by atoms with Crippen LogP contribution in [0.15, 0.2) is 18.2 Å². The van der Waals surface area contributed by atoms with E-state index in [1.54, 1.807) is 12.1 Å². The molecule has 0 saturated heterocycles. The van der Waals surface area contributed by atoms with Gasteiger partial charge in [-0.25, -0.2) is 0 Å². The Morgan fingerprint density at radius 3 is 2.73 bits per heavy atom. The maximum atomic E-state index is 9.20. The summed E-state index contributed by atoms with van der Waals surface area (Å²) in [5, 5.41) is 18.2. The maximum absolute atomic E-state index is 9.20. The third-order valence-electron chi connectivity index (χ3n) is 1.40. The molecule has 0 spiro atoms. The van der Waals surface area contributed by atoms with Crippen LogP contribution in [0.3, 0.4) is 0 Å². The van der Waals surface area contributed by atoms with E-state index >= 15 is 0 Å². The summed E-state index contributed by atoms with van der Waals surface area (Å²) in [5.41, 5.74) is 0.590. The van der Waals surface area contributed by atoms with Crippen LogP contribution in [0.4, 0.5) is 0 Å². The summed E-state index contributed by atoms with van der Waals surface area (Å²) in [6, 6.07) is 4.77. The van der Waals surface area contributed by atoms with E-state index in [0.29, 0.717) is 12.2 Å². The van der Waals surface area contributed by atoms with E-state index in [1.807, 2.05) is 0 Å². The van der Waals surface area contributed by atoms with Crippen molar-refractivity contribution in [3.05, 3.63) is 23.8 Å². The van der Waals surface area contributed by atoms with Crippen molar-refractivity contribution in [1.29, 1.82) is 0 Å². The van der Waals surface area contributed by atoms with Gasteiger partial charge in [-0.05, 0) is 6.07 Å². The van der Waals surface area contributed by atoms with Gasteiger partial charge in [-0.3, -0.25) is 0 Å². The summed E-state index contributed by atoms with van der Waals surface area (Å²) in [6.45, 7) is 0.306. The largest absolute Gasteiger partial charge is 0.504 e. The predicted octanol–water partition coefficient (Wildman–Crippen LogP) is 1.24. The first kappa shape index (κ1) is 7.88. The molecule has 0 aliphatic heterocycles. The van der Waals surface area contributed by atoms with Crippen molar-refractivity contribution in [2.24, 2.45) is 0 Å². The summed E-state index contributed by atoms with van der Waals surface area (Å²) in [5.74, 6) is -0.214. The molecule has 0 aliphatic carbocycles. The van der Waals surface area contributed by atoms with Crippen molar-refractivity contribution >= 4 is 0 Å². The molecule has 0 aliphatic rings. The zero-order valence-corrected chi connectivity index (χ0v) is 6.24. The van der Waals surface area contributed by atoms with Gasteiger partial charge in [0.1, 0.15) is 0 Å². The number of hydrogen-bond donors (Lipinski definition) is 2. The molecular formula is C8H10O3. The van der Waals surface area contributed by atoms with Crippen molar-refractivity contribution in [1.82, 2.24) is 0 Å². The van der Waals surface area contributed by atoms with E-state index in [4.69, 9.17) is 9.84 Å². The number of rotatable bonds is 2. The first-order chi connectivity index (χ1) is 5.25. The molecule has 2 N–H and O–H groups in total. The van der Waals surface area contributed by atoms with Gasteiger partial charge in [-0.15, -0.1) is 0 Å². The molecule has 0 amide bonds. The zero-order chi connectivity index (χ0) is 8.27. The first-order valence-corrected chi connectivity index (χ1v) is 3.24. The Morgan fingerprint density at radius 2 is 2.09 bits per heavy atom. The Kier molecular flexibility index (Phi) is 2.33. The first-order valence-electron chi connectivity index (χ1n) is 3.24. The Labute approximate surface area is 64.9 Å². The molecule has 3 nitrogen and oxygen atoms in total. The normalized spacial score (nSPS) is 9.91. The fourth-order valence-corrected chi connectivity index (χ4v) is 0.850. The molecule has 0 bridgehead atoms. The molecule has 11 heavy (non-hydrogen) atoms. The number of phenolic OH excluding ortho intramolecular Hbond substituents is 2. The van der Waals surface area contributed by atoms with E-state index < -0.39 is 0 Å². The van der Waals surface area contributed by atoms with Crippen LogP contribution in [0.1, 0.15) is 5.56 Å². The Bertz CT molecular complexity index is 245. The van der Waals surface area contributed by atoms with Gasteiger partial charge in [0.15, 0.2) is 11.5 Å². The monoisotopic (exact) mass is 154 g/mol. The van der Waals surface area contributed by atoms with Gasteiger partial charge < -0.3 is 14.9 Å². The van der Waals surface area contributed by atoms with Gasteiger partial charge in [-0.2, -0.15) is 0 Å². The predicted molar refractivity (Wildman–Crippen MR) is 40.5 cm³/mol. The van der Waals surface area contributed by atoms with Crippen LogP contribution in [-0.4, -0.2) is 17.3 Å². The van der Waals surface area contributed by atoms with E-state index in [0.717, 1.165) is 0 Å². The van der Waals surface area contributed by atoms with Gasteiger partial charge in [-0.1, -0.05) is 12.1 Å². The highest BCUT2D eigenvalue weighted by atomic mass is 16.5. The number of ether oxygens (including phenoxy) is 1. The summed E-state index contributed by atoms with van der Waals surface area (Å²) < 4.78 is 4.79. The molecule has 1 aromatic rings. The lowest BCUT2D eigenvalue weighted by molar-refractivity contribution is 0.181. The van der Waals surface area contributed by atoms with Crippen LogP contribution in [0.2, 0.25) is 0 Å². The Hall–Kier alpha value is -1.22. The van der Waals surface area contributed by atoms with Gasteiger partial charge in [0.05, 0.1) is 6.61 Å². The lowest BCUT2D eigenvalue weighted by atomic mass is 10.2. The van der Waals surface area contributed by atoms with Crippen LogP contribution in [0.25, 0.3) is 0 Å². The molecule has 0 heterocycles. The van der Waals surface area contributed by atoms with E-state index in [2.05, 4.69) is 0 Å². The molecule has 60 valence electrons. The van der Waals surface area contributed by atoms with Crippen molar-refractivity contribution in [3.8, 4) is 11.5 Å². The smallest absolute Gasteiger partial charge is 0.163 e. The molecule has 1 rings (SSSR count). The number of para-hydroxylation sites is 1. The Balaban J connectivity index is 2.96. The Morgan fingerprint density at radius 1 is 1.36 bits per heavy atom. The molecular weight excluding hydrogens is 144 g/mol. The van der Waals surface area contributed by atoms with Crippen LogP contribution in [0.5, 0.6) is 11.5 Å². The average molecular weight is 154 g/mol. The number of methoxy groups -OCH3 is 1. The van der Waals surface area contributed by atoms with Crippen LogP contribution in [0, 0.1) is 0 Å². The quantitative estimate of drug-likeness (QED) is 0.630. The van der Waals surface area contributed by atoms with Gasteiger partial charge in [0.25, 0.3) is 0 Å². The molecule has 0 unspecified atom stereocenters. The highest BCUT2D eigenvalue weighted by Crippen LogP contribution is 2.28. The molecule has 1 aromatic carbocycles.